The van der Waals surface area contributed by atoms with Crippen LogP contribution < -0.4 is 15.2 Å². The number of anilines is 1. The Bertz CT molecular complexity index is 509. The monoisotopic (exact) mass is 283 g/mol. The molecule has 0 aliphatic heterocycles. The van der Waals surface area contributed by atoms with Gasteiger partial charge in [-0.1, -0.05) is 23.1 Å². The summed E-state index contributed by atoms with van der Waals surface area (Å²) in [5, 5.41) is 8.22. The van der Waals surface area contributed by atoms with Crippen molar-refractivity contribution in [3.8, 4) is 11.5 Å². The number of aromatic nitrogens is 2. The van der Waals surface area contributed by atoms with Crippen LogP contribution in [0, 0.1) is 0 Å². The number of benzene rings is 1. The number of thioether (sulfide) groups is 1. The lowest BCUT2D eigenvalue weighted by Gasteiger charge is -2.07. The maximum absolute atomic E-state index is 5.53. The highest BCUT2D eigenvalue weighted by molar-refractivity contribution is 8.00. The van der Waals surface area contributed by atoms with Crippen LogP contribution in [0.25, 0.3) is 0 Å². The van der Waals surface area contributed by atoms with Crippen LogP contribution in [-0.4, -0.2) is 24.4 Å². The van der Waals surface area contributed by atoms with Gasteiger partial charge in [-0.3, -0.25) is 0 Å². The normalized spacial score (nSPS) is 10.3. The molecule has 0 amide bonds. The Labute approximate surface area is 113 Å². The predicted molar refractivity (Wildman–Crippen MR) is 73.4 cm³/mol. The van der Waals surface area contributed by atoms with E-state index in [-0.39, 0.29) is 0 Å². The Morgan fingerprint density at radius 2 is 1.83 bits per heavy atom. The topological polar surface area (TPSA) is 70.3 Å². The zero-order valence-electron chi connectivity index (χ0n) is 10.0. The maximum atomic E-state index is 5.53. The summed E-state index contributed by atoms with van der Waals surface area (Å²) in [4.78, 5) is 0. The van der Waals surface area contributed by atoms with Crippen LogP contribution in [0.2, 0.25) is 0 Å². The van der Waals surface area contributed by atoms with Gasteiger partial charge in [0.2, 0.25) is 5.13 Å². The smallest absolute Gasteiger partial charge is 0.203 e. The molecule has 0 unspecified atom stereocenters. The number of rotatable bonds is 5. The van der Waals surface area contributed by atoms with E-state index in [0.717, 1.165) is 27.2 Å². The molecule has 0 aliphatic carbocycles. The van der Waals surface area contributed by atoms with Crippen molar-refractivity contribution in [2.75, 3.05) is 20.0 Å². The van der Waals surface area contributed by atoms with E-state index in [2.05, 4.69) is 10.2 Å². The third kappa shape index (κ3) is 3.27. The number of hydrogen-bond donors (Lipinski definition) is 1. The number of nitrogen functional groups attached to an aromatic ring is 1. The molecule has 0 saturated carbocycles. The fourth-order valence-corrected chi connectivity index (χ4v) is 2.94. The van der Waals surface area contributed by atoms with Gasteiger partial charge in [0, 0.05) is 11.8 Å². The van der Waals surface area contributed by atoms with E-state index in [4.69, 9.17) is 15.2 Å². The number of nitrogens with zero attached hydrogens (tertiary/aromatic N) is 2. The highest BCUT2D eigenvalue weighted by Crippen LogP contribution is 2.30. The molecule has 7 heteroatoms. The number of ether oxygens (including phenoxy) is 2. The van der Waals surface area contributed by atoms with Crippen LogP contribution in [0.15, 0.2) is 22.5 Å². The van der Waals surface area contributed by atoms with Gasteiger partial charge in [0.25, 0.3) is 0 Å². The van der Waals surface area contributed by atoms with Gasteiger partial charge in [0.1, 0.15) is 11.5 Å². The molecule has 0 aliphatic rings. The third-order valence-electron chi connectivity index (χ3n) is 2.20. The highest BCUT2D eigenvalue weighted by atomic mass is 32.2. The molecule has 5 nitrogen and oxygen atoms in total. The van der Waals surface area contributed by atoms with E-state index in [1.54, 1.807) is 26.0 Å². The van der Waals surface area contributed by atoms with Crippen LogP contribution in [0.1, 0.15) is 5.56 Å². The van der Waals surface area contributed by atoms with Crippen LogP contribution in [0.3, 0.4) is 0 Å². The zero-order chi connectivity index (χ0) is 13.0. The van der Waals surface area contributed by atoms with Gasteiger partial charge in [-0.05, 0) is 17.7 Å². The maximum Gasteiger partial charge on any atom is 0.203 e. The SMILES string of the molecule is COc1cc(CSc2nnc(N)s2)cc(OC)c1. The van der Waals surface area contributed by atoms with Crippen LogP contribution in [-0.2, 0) is 5.75 Å². The van der Waals surface area contributed by atoms with Crippen molar-refractivity contribution in [3.63, 3.8) is 0 Å². The molecule has 18 heavy (non-hydrogen) atoms. The molecule has 1 aromatic heterocycles. The Balaban J connectivity index is 2.08. The van der Waals surface area contributed by atoms with Gasteiger partial charge in [-0.15, -0.1) is 10.2 Å². The summed E-state index contributed by atoms with van der Waals surface area (Å²) in [6.45, 7) is 0. The van der Waals surface area contributed by atoms with Crippen molar-refractivity contribution in [1.29, 1.82) is 0 Å². The molecule has 1 aromatic carbocycles. The lowest BCUT2D eigenvalue weighted by molar-refractivity contribution is 0.393. The first-order valence-corrected chi connectivity index (χ1v) is 6.95. The number of methoxy groups -OCH3 is 2. The summed E-state index contributed by atoms with van der Waals surface area (Å²) in [6.07, 6.45) is 0. The van der Waals surface area contributed by atoms with Crippen molar-refractivity contribution >= 4 is 28.2 Å². The summed E-state index contributed by atoms with van der Waals surface area (Å²) < 4.78 is 11.3. The van der Waals surface area contributed by atoms with Crippen molar-refractivity contribution in [1.82, 2.24) is 10.2 Å². The number of nitrogens with two attached hydrogens (primary N) is 1. The van der Waals surface area contributed by atoms with Crippen LogP contribution in [0.4, 0.5) is 5.13 Å². The lowest BCUT2D eigenvalue weighted by atomic mass is 10.2. The first-order valence-electron chi connectivity index (χ1n) is 5.15. The first kappa shape index (κ1) is 13.0. The summed E-state index contributed by atoms with van der Waals surface area (Å²) in [6, 6.07) is 5.79. The van der Waals surface area contributed by atoms with Crippen molar-refractivity contribution < 1.29 is 9.47 Å². The zero-order valence-corrected chi connectivity index (χ0v) is 11.7. The lowest BCUT2D eigenvalue weighted by Crippen LogP contribution is -1.90. The second-order valence-electron chi connectivity index (χ2n) is 3.42. The first-order chi connectivity index (χ1) is 8.71. The Hall–Kier alpha value is -1.47. The fourth-order valence-electron chi connectivity index (χ4n) is 1.37. The van der Waals surface area contributed by atoms with Crippen LogP contribution >= 0.6 is 23.1 Å². The Morgan fingerprint density at radius 1 is 1.17 bits per heavy atom. The van der Waals surface area contributed by atoms with E-state index >= 15 is 0 Å². The summed E-state index contributed by atoms with van der Waals surface area (Å²) in [5.74, 6) is 2.32. The van der Waals surface area contributed by atoms with E-state index in [1.807, 2.05) is 18.2 Å². The van der Waals surface area contributed by atoms with Crippen LogP contribution in [0.5, 0.6) is 11.5 Å². The van der Waals surface area contributed by atoms with Gasteiger partial charge in [0.15, 0.2) is 4.34 Å². The van der Waals surface area contributed by atoms with Gasteiger partial charge in [0.05, 0.1) is 14.2 Å². The van der Waals surface area contributed by atoms with E-state index in [0.29, 0.717) is 5.13 Å². The summed E-state index contributed by atoms with van der Waals surface area (Å²) in [7, 11) is 3.27. The Morgan fingerprint density at radius 3 is 2.33 bits per heavy atom. The molecule has 2 aromatic rings. The van der Waals surface area contributed by atoms with Crippen molar-refractivity contribution in [2.45, 2.75) is 10.1 Å². The quantitative estimate of drug-likeness (QED) is 0.850. The minimum atomic E-state index is 0.487. The van der Waals surface area contributed by atoms with Gasteiger partial charge in [-0.25, -0.2) is 0 Å². The molecule has 0 spiro atoms. The van der Waals surface area contributed by atoms with Gasteiger partial charge < -0.3 is 15.2 Å². The molecule has 2 N–H and O–H groups in total. The van der Waals surface area contributed by atoms with Crippen molar-refractivity contribution in [2.24, 2.45) is 0 Å². The van der Waals surface area contributed by atoms with E-state index in [9.17, 15) is 0 Å². The fraction of sp³-hybridized carbons (Fsp3) is 0.273. The predicted octanol–water partition coefficient (Wildman–Crippen LogP) is 2.43. The molecule has 0 saturated heterocycles. The standard InChI is InChI=1S/C11H13N3O2S2/c1-15-8-3-7(4-9(5-8)16-2)6-17-11-14-13-10(12)18-11/h3-5H,6H2,1-2H3,(H2,12,13). The van der Waals surface area contributed by atoms with Gasteiger partial charge in [-0.2, -0.15) is 0 Å². The van der Waals surface area contributed by atoms with E-state index < -0.39 is 0 Å². The minimum Gasteiger partial charge on any atom is -0.497 e. The molecule has 0 atom stereocenters. The summed E-state index contributed by atoms with van der Waals surface area (Å²) in [5.41, 5.74) is 6.63. The highest BCUT2D eigenvalue weighted by Gasteiger charge is 2.05. The second kappa shape index (κ2) is 5.92. The average Bonchev–Trinajstić information content (AvgIpc) is 2.81. The Kier molecular flexibility index (Phi) is 4.27. The van der Waals surface area contributed by atoms with Crippen molar-refractivity contribution in [3.05, 3.63) is 23.8 Å². The molecular weight excluding hydrogens is 270 g/mol. The average molecular weight is 283 g/mol. The third-order valence-corrected chi connectivity index (χ3v) is 4.15. The second-order valence-corrected chi connectivity index (χ2v) is 5.65. The van der Waals surface area contributed by atoms with E-state index in [1.165, 1.54) is 11.3 Å². The molecule has 2 rings (SSSR count). The number of hydrogen-bond acceptors (Lipinski definition) is 7. The molecule has 0 fully saturated rings. The molecule has 1 heterocycles. The minimum absolute atomic E-state index is 0.487. The molecule has 0 bridgehead atoms. The molecule has 0 radical (unpaired) electrons. The molecular formula is C11H13N3O2S2. The summed E-state index contributed by atoms with van der Waals surface area (Å²) >= 11 is 2.97. The molecule has 96 valence electrons. The largest absolute Gasteiger partial charge is 0.497 e. The van der Waals surface area contributed by atoms with Gasteiger partial charge >= 0.3 is 0 Å².